The van der Waals surface area contributed by atoms with Crippen molar-refractivity contribution in [1.29, 1.82) is 0 Å². The van der Waals surface area contributed by atoms with Crippen molar-refractivity contribution in [2.45, 2.75) is 46.1 Å². The van der Waals surface area contributed by atoms with Gasteiger partial charge in [0.2, 0.25) is 11.8 Å². The Hall–Kier alpha value is -2.63. The highest BCUT2D eigenvalue weighted by molar-refractivity contribution is 5.95. The summed E-state index contributed by atoms with van der Waals surface area (Å²) in [5, 5.41) is 6.85. The molecule has 6 heteroatoms. The van der Waals surface area contributed by atoms with E-state index >= 15 is 0 Å². The first kappa shape index (κ1) is 17.2. The summed E-state index contributed by atoms with van der Waals surface area (Å²) < 4.78 is 5.14. The van der Waals surface area contributed by atoms with Gasteiger partial charge >= 0.3 is 0 Å². The average molecular weight is 341 g/mol. The zero-order valence-electron chi connectivity index (χ0n) is 14.8. The Balaban J connectivity index is 1.60. The van der Waals surface area contributed by atoms with Crippen molar-refractivity contribution < 1.29 is 14.1 Å². The summed E-state index contributed by atoms with van der Waals surface area (Å²) in [5.41, 5.74) is 3.51. The minimum absolute atomic E-state index is 0.0619. The fourth-order valence-corrected chi connectivity index (χ4v) is 3.30. The zero-order chi connectivity index (χ0) is 18.0. The van der Waals surface area contributed by atoms with E-state index in [1.54, 1.807) is 0 Å². The van der Waals surface area contributed by atoms with Crippen LogP contribution in [-0.4, -0.2) is 23.5 Å². The summed E-state index contributed by atoms with van der Waals surface area (Å²) in [5.74, 6) is 0.482. The van der Waals surface area contributed by atoms with Crippen molar-refractivity contribution in [2.24, 2.45) is 0 Å². The molecule has 1 N–H and O–H groups in total. The van der Waals surface area contributed by atoms with Crippen LogP contribution >= 0.6 is 0 Å². The van der Waals surface area contributed by atoms with Crippen LogP contribution in [0.1, 0.15) is 48.3 Å². The number of carbonyl (C=O) groups excluding carboxylic acids is 2. The van der Waals surface area contributed by atoms with Gasteiger partial charge in [-0.15, -0.1) is 0 Å². The first-order valence-corrected chi connectivity index (χ1v) is 8.57. The molecule has 3 rings (SSSR count). The van der Waals surface area contributed by atoms with E-state index in [1.165, 1.54) is 0 Å². The number of aromatic nitrogens is 1. The van der Waals surface area contributed by atoms with Gasteiger partial charge in [0.25, 0.3) is 0 Å². The van der Waals surface area contributed by atoms with Crippen molar-refractivity contribution in [3.63, 3.8) is 0 Å². The number of aryl methyl sites for hydroxylation is 2. The Morgan fingerprint density at radius 2 is 2.04 bits per heavy atom. The lowest BCUT2D eigenvalue weighted by Crippen LogP contribution is -2.28. The molecule has 2 aromatic rings. The molecule has 0 radical (unpaired) electrons. The van der Waals surface area contributed by atoms with Crippen LogP contribution in [0.2, 0.25) is 0 Å². The predicted octanol–water partition coefficient (Wildman–Crippen LogP) is 2.84. The van der Waals surface area contributed by atoms with Crippen LogP contribution in [-0.2, 0) is 16.1 Å². The fourth-order valence-electron chi connectivity index (χ4n) is 3.30. The number of nitrogens with zero attached hydrogens (tertiary/aromatic N) is 2. The van der Waals surface area contributed by atoms with Gasteiger partial charge in [0.15, 0.2) is 0 Å². The van der Waals surface area contributed by atoms with Crippen LogP contribution in [0.15, 0.2) is 28.8 Å². The molecule has 0 unspecified atom stereocenters. The minimum Gasteiger partial charge on any atom is -0.361 e. The zero-order valence-corrected chi connectivity index (χ0v) is 14.8. The summed E-state index contributed by atoms with van der Waals surface area (Å²) in [7, 11) is 0. The SMILES string of the molecule is Cc1noc(C)c1[C@@H](C)C(=O)NCc1ccc(N2CCCC2=O)cc1. The number of benzene rings is 1. The van der Waals surface area contributed by atoms with Crippen molar-refractivity contribution >= 4 is 17.5 Å². The summed E-state index contributed by atoms with van der Waals surface area (Å²) in [6.45, 7) is 6.74. The largest absolute Gasteiger partial charge is 0.361 e. The second-order valence-corrected chi connectivity index (χ2v) is 6.49. The van der Waals surface area contributed by atoms with Gasteiger partial charge in [-0.3, -0.25) is 9.59 Å². The number of anilines is 1. The first-order chi connectivity index (χ1) is 12.0. The first-order valence-electron chi connectivity index (χ1n) is 8.57. The van der Waals surface area contributed by atoms with E-state index in [4.69, 9.17) is 4.52 Å². The third kappa shape index (κ3) is 3.57. The lowest BCUT2D eigenvalue weighted by Gasteiger charge is -2.16. The molecule has 6 nitrogen and oxygen atoms in total. The number of amides is 2. The molecule has 25 heavy (non-hydrogen) atoms. The summed E-state index contributed by atoms with van der Waals surface area (Å²) >= 11 is 0. The monoisotopic (exact) mass is 341 g/mol. The van der Waals surface area contributed by atoms with Crippen LogP contribution in [0, 0.1) is 13.8 Å². The number of carbonyl (C=O) groups is 2. The molecule has 1 aliphatic rings. The normalized spacial score (nSPS) is 15.5. The lowest BCUT2D eigenvalue weighted by atomic mass is 9.98. The molecule has 1 fully saturated rings. The third-order valence-corrected chi connectivity index (χ3v) is 4.70. The average Bonchev–Trinajstić information content (AvgIpc) is 3.18. The van der Waals surface area contributed by atoms with E-state index in [0.29, 0.717) is 18.7 Å². The minimum atomic E-state index is -0.312. The summed E-state index contributed by atoms with van der Waals surface area (Å²) in [6.07, 6.45) is 1.54. The van der Waals surface area contributed by atoms with E-state index in [-0.39, 0.29) is 17.7 Å². The predicted molar refractivity (Wildman–Crippen MR) is 94.3 cm³/mol. The molecule has 1 aromatic heterocycles. The Morgan fingerprint density at radius 3 is 2.60 bits per heavy atom. The van der Waals surface area contributed by atoms with Crippen LogP contribution in [0.5, 0.6) is 0 Å². The molecule has 0 spiro atoms. The van der Waals surface area contributed by atoms with Crippen LogP contribution in [0.25, 0.3) is 0 Å². The maximum absolute atomic E-state index is 12.4. The molecule has 1 saturated heterocycles. The van der Waals surface area contributed by atoms with Crippen LogP contribution in [0.3, 0.4) is 0 Å². The summed E-state index contributed by atoms with van der Waals surface area (Å²) in [4.78, 5) is 26.0. The van der Waals surface area contributed by atoms with Crippen LogP contribution < -0.4 is 10.2 Å². The molecule has 1 atom stereocenters. The van der Waals surface area contributed by atoms with Gasteiger partial charge in [-0.2, -0.15) is 0 Å². The maximum Gasteiger partial charge on any atom is 0.227 e. The van der Waals surface area contributed by atoms with Crippen molar-refractivity contribution in [1.82, 2.24) is 10.5 Å². The van der Waals surface area contributed by atoms with E-state index in [1.807, 2.05) is 49.9 Å². The molecular formula is C19H23N3O3. The van der Waals surface area contributed by atoms with E-state index in [2.05, 4.69) is 10.5 Å². The smallest absolute Gasteiger partial charge is 0.227 e. The second kappa shape index (κ2) is 7.09. The standard InChI is InChI=1S/C19H23N3O3/c1-12(18-13(2)21-25-14(18)3)19(24)20-11-15-6-8-16(9-7-15)22-10-4-5-17(22)23/h6-9,12H,4-5,10-11H2,1-3H3,(H,20,24)/t12-/m1/s1. The Morgan fingerprint density at radius 1 is 1.32 bits per heavy atom. The molecular weight excluding hydrogens is 318 g/mol. The highest BCUT2D eigenvalue weighted by atomic mass is 16.5. The molecule has 0 saturated carbocycles. The van der Waals surface area contributed by atoms with Crippen molar-refractivity contribution in [2.75, 3.05) is 11.4 Å². The lowest BCUT2D eigenvalue weighted by molar-refractivity contribution is -0.122. The van der Waals surface area contributed by atoms with Crippen LogP contribution in [0.4, 0.5) is 5.69 Å². The van der Waals surface area contributed by atoms with Crippen molar-refractivity contribution in [3.05, 3.63) is 46.8 Å². The Kier molecular flexibility index (Phi) is 4.88. The Bertz CT molecular complexity index is 760. The number of hydrogen-bond donors (Lipinski definition) is 1. The molecule has 132 valence electrons. The number of hydrogen-bond acceptors (Lipinski definition) is 4. The molecule has 1 aliphatic heterocycles. The van der Waals surface area contributed by atoms with Gasteiger partial charge in [-0.1, -0.05) is 17.3 Å². The second-order valence-electron chi connectivity index (χ2n) is 6.49. The molecule has 0 aliphatic carbocycles. The molecule has 1 aromatic carbocycles. The third-order valence-electron chi connectivity index (χ3n) is 4.70. The van der Waals surface area contributed by atoms with Gasteiger partial charge < -0.3 is 14.7 Å². The maximum atomic E-state index is 12.4. The van der Waals surface area contributed by atoms with Gasteiger partial charge in [-0.25, -0.2) is 0 Å². The number of rotatable bonds is 5. The highest BCUT2D eigenvalue weighted by Crippen LogP contribution is 2.24. The Labute approximate surface area is 147 Å². The summed E-state index contributed by atoms with van der Waals surface area (Å²) in [6, 6.07) is 7.76. The van der Waals surface area contributed by atoms with E-state index in [9.17, 15) is 9.59 Å². The van der Waals surface area contributed by atoms with Crippen molar-refractivity contribution in [3.8, 4) is 0 Å². The van der Waals surface area contributed by atoms with Gasteiger partial charge in [0.1, 0.15) is 5.76 Å². The van der Waals surface area contributed by atoms with Gasteiger partial charge in [0, 0.05) is 30.8 Å². The fraction of sp³-hybridized carbons (Fsp3) is 0.421. The van der Waals surface area contributed by atoms with Gasteiger partial charge in [-0.05, 0) is 44.9 Å². The highest BCUT2D eigenvalue weighted by Gasteiger charge is 2.23. The van der Waals surface area contributed by atoms with Gasteiger partial charge in [0.05, 0.1) is 11.6 Å². The quantitative estimate of drug-likeness (QED) is 0.907. The number of nitrogens with one attached hydrogen (secondary N) is 1. The molecule has 2 amide bonds. The molecule has 0 bridgehead atoms. The topological polar surface area (TPSA) is 75.4 Å². The van der Waals surface area contributed by atoms with E-state index in [0.717, 1.165) is 35.5 Å². The van der Waals surface area contributed by atoms with E-state index < -0.39 is 0 Å². The molecule has 2 heterocycles.